The Bertz CT molecular complexity index is 563. The van der Waals surface area contributed by atoms with Crippen LogP contribution in [0.2, 0.25) is 0 Å². The van der Waals surface area contributed by atoms with E-state index in [1.807, 2.05) is 17.9 Å². The van der Waals surface area contributed by atoms with Gasteiger partial charge < -0.3 is 10.0 Å². The molecule has 4 nitrogen and oxygen atoms in total. The molecule has 1 aliphatic heterocycles. The van der Waals surface area contributed by atoms with Gasteiger partial charge in [0, 0.05) is 24.7 Å². The number of carboxylic acid groups (broad SMARTS) is 1. The second kappa shape index (κ2) is 5.90. The SMILES string of the molecule is Cc1ccc(C(=O)N2CCC(C)C2)cc1/C=C/C(=O)O. The largest absolute Gasteiger partial charge is 0.478 e. The Hall–Kier alpha value is -2.10. The van der Waals surface area contributed by atoms with Gasteiger partial charge in [-0.1, -0.05) is 13.0 Å². The zero-order valence-electron chi connectivity index (χ0n) is 11.8. The van der Waals surface area contributed by atoms with Crippen molar-refractivity contribution in [2.45, 2.75) is 20.3 Å². The van der Waals surface area contributed by atoms with Crippen molar-refractivity contribution in [2.24, 2.45) is 5.92 Å². The first kappa shape index (κ1) is 14.3. The maximum Gasteiger partial charge on any atom is 0.328 e. The molecular weight excluding hydrogens is 254 g/mol. The van der Waals surface area contributed by atoms with E-state index in [0.717, 1.165) is 36.7 Å². The number of aryl methyl sites for hydroxylation is 1. The molecule has 1 heterocycles. The smallest absolute Gasteiger partial charge is 0.328 e. The Labute approximate surface area is 118 Å². The first-order valence-corrected chi connectivity index (χ1v) is 6.78. The van der Waals surface area contributed by atoms with Crippen molar-refractivity contribution in [3.63, 3.8) is 0 Å². The summed E-state index contributed by atoms with van der Waals surface area (Å²) >= 11 is 0. The molecule has 106 valence electrons. The molecule has 1 N–H and O–H groups in total. The van der Waals surface area contributed by atoms with E-state index in [2.05, 4.69) is 6.92 Å². The van der Waals surface area contributed by atoms with Gasteiger partial charge in [-0.3, -0.25) is 4.79 Å². The van der Waals surface area contributed by atoms with E-state index in [4.69, 9.17) is 5.11 Å². The summed E-state index contributed by atoms with van der Waals surface area (Å²) in [5.41, 5.74) is 2.34. The Morgan fingerprint density at radius 2 is 2.15 bits per heavy atom. The minimum atomic E-state index is -0.991. The predicted octanol–water partition coefficient (Wildman–Crippen LogP) is 2.57. The number of amides is 1. The van der Waals surface area contributed by atoms with Crippen LogP contribution in [0.4, 0.5) is 0 Å². The molecule has 0 aromatic heterocycles. The Morgan fingerprint density at radius 1 is 1.40 bits per heavy atom. The first-order valence-electron chi connectivity index (χ1n) is 6.78. The van der Waals surface area contributed by atoms with Crippen LogP contribution in [0.15, 0.2) is 24.3 Å². The highest BCUT2D eigenvalue weighted by atomic mass is 16.4. The number of likely N-dealkylation sites (tertiary alicyclic amines) is 1. The van der Waals surface area contributed by atoms with Crippen LogP contribution in [0.5, 0.6) is 0 Å². The Morgan fingerprint density at radius 3 is 2.75 bits per heavy atom. The van der Waals surface area contributed by atoms with Gasteiger partial charge in [0.2, 0.25) is 0 Å². The van der Waals surface area contributed by atoms with Gasteiger partial charge in [0.1, 0.15) is 0 Å². The summed E-state index contributed by atoms with van der Waals surface area (Å²) in [7, 11) is 0. The monoisotopic (exact) mass is 273 g/mol. The molecule has 1 fully saturated rings. The number of hydrogen-bond donors (Lipinski definition) is 1. The molecule has 1 aromatic rings. The van der Waals surface area contributed by atoms with Gasteiger partial charge in [-0.25, -0.2) is 4.79 Å². The summed E-state index contributed by atoms with van der Waals surface area (Å²) in [5.74, 6) is -0.412. The molecule has 1 amide bonds. The van der Waals surface area contributed by atoms with E-state index in [0.29, 0.717) is 11.5 Å². The fourth-order valence-electron chi connectivity index (χ4n) is 2.42. The fourth-order valence-corrected chi connectivity index (χ4v) is 2.42. The summed E-state index contributed by atoms with van der Waals surface area (Å²) in [6.45, 7) is 5.64. The summed E-state index contributed by atoms with van der Waals surface area (Å²) in [6.07, 6.45) is 3.67. The van der Waals surface area contributed by atoms with Crippen LogP contribution in [0.25, 0.3) is 6.08 Å². The molecule has 20 heavy (non-hydrogen) atoms. The summed E-state index contributed by atoms with van der Waals surface area (Å²) < 4.78 is 0. The van der Waals surface area contributed by atoms with Crippen molar-refractivity contribution in [3.8, 4) is 0 Å². The maximum atomic E-state index is 12.4. The van der Waals surface area contributed by atoms with Gasteiger partial charge in [-0.2, -0.15) is 0 Å². The number of benzene rings is 1. The highest BCUT2D eigenvalue weighted by Crippen LogP contribution is 2.20. The van der Waals surface area contributed by atoms with Crippen LogP contribution >= 0.6 is 0 Å². The lowest BCUT2D eigenvalue weighted by molar-refractivity contribution is -0.131. The molecule has 0 saturated carbocycles. The molecule has 0 aliphatic carbocycles. The normalized spacial score (nSPS) is 18.7. The first-order chi connectivity index (χ1) is 9.47. The van der Waals surface area contributed by atoms with Crippen molar-refractivity contribution in [2.75, 3.05) is 13.1 Å². The number of carboxylic acids is 1. The van der Waals surface area contributed by atoms with Crippen LogP contribution in [-0.4, -0.2) is 35.0 Å². The van der Waals surface area contributed by atoms with Gasteiger partial charge in [-0.15, -0.1) is 0 Å². The molecule has 4 heteroatoms. The molecular formula is C16H19NO3. The number of hydrogen-bond acceptors (Lipinski definition) is 2. The number of carbonyl (C=O) groups excluding carboxylic acids is 1. The third-order valence-corrected chi connectivity index (χ3v) is 3.64. The Kier molecular flexibility index (Phi) is 4.23. The van der Waals surface area contributed by atoms with Crippen LogP contribution in [0.1, 0.15) is 34.8 Å². The van der Waals surface area contributed by atoms with Crippen LogP contribution in [0.3, 0.4) is 0 Å². The molecule has 1 aliphatic rings. The van der Waals surface area contributed by atoms with E-state index < -0.39 is 5.97 Å². The molecule has 1 unspecified atom stereocenters. The highest BCUT2D eigenvalue weighted by molar-refractivity contribution is 5.95. The topological polar surface area (TPSA) is 57.6 Å². The average Bonchev–Trinajstić information content (AvgIpc) is 2.83. The van der Waals surface area contributed by atoms with Crippen molar-refractivity contribution in [3.05, 3.63) is 41.0 Å². The second-order valence-electron chi connectivity index (χ2n) is 5.39. The van der Waals surface area contributed by atoms with Crippen molar-refractivity contribution < 1.29 is 14.7 Å². The lowest BCUT2D eigenvalue weighted by Gasteiger charge is -2.16. The van der Waals surface area contributed by atoms with Gasteiger partial charge in [0.25, 0.3) is 5.91 Å². The van der Waals surface area contributed by atoms with E-state index in [1.165, 1.54) is 6.08 Å². The second-order valence-corrected chi connectivity index (χ2v) is 5.39. The predicted molar refractivity (Wildman–Crippen MR) is 77.5 cm³/mol. The van der Waals surface area contributed by atoms with Crippen molar-refractivity contribution in [1.82, 2.24) is 4.90 Å². The minimum Gasteiger partial charge on any atom is -0.478 e. The maximum absolute atomic E-state index is 12.4. The molecule has 0 bridgehead atoms. The van der Waals surface area contributed by atoms with E-state index in [-0.39, 0.29) is 5.91 Å². The number of carbonyl (C=O) groups is 2. The van der Waals surface area contributed by atoms with E-state index >= 15 is 0 Å². The lowest BCUT2D eigenvalue weighted by Crippen LogP contribution is -2.28. The summed E-state index contributed by atoms with van der Waals surface area (Å²) in [4.78, 5) is 24.8. The standard InChI is InChI=1S/C16H19NO3/c1-11-7-8-17(10-11)16(20)14-4-3-12(2)13(9-14)5-6-15(18)19/h3-6,9,11H,7-8,10H2,1-2H3,(H,18,19)/b6-5+. The number of aliphatic carboxylic acids is 1. The van der Waals surface area contributed by atoms with Gasteiger partial charge in [-0.05, 0) is 48.6 Å². The Balaban J connectivity index is 2.22. The summed E-state index contributed by atoms with van der Waals surface area (Å²) in [5, 5.41) is 8.68. The molecule has 1 atom stereocenters. The van der Waals surface area contributed by atoms with Gasteiger partial charge >= 0.3 is 5.97 Å². The third kappa shape index (κ3) is 3.26. The molecule has 1 aromatic carbocycles. The zero-order valence-corrected chi connectivity index (χ0v) is 11.8. The van der Waals surface area contributed by atoms with E-state index in [1.54, 1.807) is 12.1 Å². The molecule has 1 saturated heterocycles. The van der Waals surface area contributed by atoms with Crippen LogP contribution < -0.4 is 0 Å². The fraction of sp³-hybridized carbons (Fsp3) is 0.375. The van der Waals surface area contributed by atoms with Crippen LogP contribution in [-0.2, 0) is 4.79 Å². The van der Waals surface area contributed by atoms with Gasteiger partial charge in [0.05, 0.1) is 0 Å². The minimum absolute atomic E-state index is 0.0272. The number of rotatable bonds is 3. The molecule has 0 radical (unpaired) electrons. The molecule has 0 spiro atoms. The summed E-state index contributed by atoms with van der Waals surface area (Å²) in [6, 6.07) is 5.42. The highest BCUT2D eigenvalue weighted by Gasteiger charge is 2.24. The van der Waals surface area contributed by atoms with Crippen LogP contribution in [0, 0.1) is 12.8 Å². The van der Waals surface area contributed by atoms with Gasteiger partial charge in [0.15, 0.2) is 0 Å². The van der Waals surface area contributed by atoms with Crippen molar-refractivity contribution in [1.29, 1.82) is 0 Å². The quantitative estimate of drug-likeness (QED) is 0.861. The zero-order chi connectivity index (χ0) is 14.7. The lowest BCUT2D eigenvalue weighted by atomic mass is 10.0. The van der Waals surface area contributed by atoms with E-state index in [9.17, 15) is 9.59 Å². The molecule has 2 rings (SSSR count). The third-order valence-electron chi connectivity index (χ3n) is 3.64. The average molecular weight is 273 g/mol. The number of nitrogens with zero attached hydrogens (tertiary/aromatic N) is 1. The van der Waals surface area contributed by atoms with Crippen molar-refractivity contribution >= 4 is 18.0 Å².